The Kier molecular flexibility index (Phi) is 3.19. The molecule has 6 nitrogen and oxygen atoms in total. The molecule has 0 bridgehead atoms. The van der Waals surface area contributed by atoms with Gasteiger partial charge in [-0.15, -0.1) is 0 Å². The Morgan fingerprint density at radius 2 is 2.04 bits per heavy atom. The predicted molar refractivity (Wildman–Crippen MR) is 96.0 cm³/mol. The number of benzene rings is 1. The first-order chi connectivity index (χ1) is 11.1. The average Bonchev–Trinajstić information content (AvgIpc) is 3.01. The van der Waals surface area contributed by atoms with Gasteiger partial charge in [0.05, 0.1) is 5.69 Å². The standard InChI is InChI=1S/C16H12IN3O3/c1-20-7-10(8-5-6-18-12(8)16(20)22)9-3-2-4-11-13(9)23-14(17)15(21)19-11/h2-7,14,18H,1H3,(H,19,21). The van der Waals surface area contributed by atoms with E-state index in [1.54, 1.807) is 25.5 Å². The van der Waals surface area contributed by atoms with Gasteiger partial charge in [-0.1, -0.05) is 12.1 Å². The first-order valence-electron chi connectivity index (χ1n) is 6.98. The van der Waals surface area contributed by atoms with E-state index >= 15 is 0 Å². The number of carbonyl (C=O) groups is 1. The maximum absolute atomic E-state index is 12.2. The minimum atomic E-state index is -0.588. The largest absolute Gasteiger partial charge is 0.467 e. The van der Waals surface area contributed by atoms with E-state index in [4.69, 9.17) is 4.74 Å². The molecular weight excluding hydrogens is 409 g/mol. The number of halogens is 1. The molecule has 3 aromatic rings. The molecule has 1 aliphatic rings. The molecule has 0 aliphatic carbocycles. The first kappa shape index (κ1) is 14.3. The van der Waals surface area contributed by atoms with Crippen LogP contribution in [-0.2, 0) is 11.8 Å². The summed E-state index contributed by atoms with van der Waals surface area (Å²) >= 11 is 1.95. The Hall–Kier alpha value is -2.29. The molecule has 1 unspecified atom stereocenters. The molecular formula is C16H12IN3O3. The fourth-order valence-corrected chi connectivity index (χ4v) is 3.21. The Labute approximate surface area is 144 Å². The Bertz CT molecular complexity index is 1010. The highest BCUT2D eigenvalue weighted by Crippen LogP contribution is 2.41. The second-order valence-corrected chi connectivity index (χ2v) is 6.46. The molecule has 0 fully saturated rings. The Morgan fingerprint density at radius 3 is 2.87 bits per heavy atom. The highest BCUT2D eigenvalue weighted by molar-refractivity contribution is 14.1. The molecule has 0 radical (unpaired) electrons. The number of aryl methyl sites for hydroxylation is 1. The van der Waals surface area contributed by atoms with Crippen molar-refractivity contribution < 1.29 is 9.53 Å². The average molecular weight is 421 g/mol. The van der Waals surface area contributed by atoms with Crippen LogP contribution in [-0.4, -0.2) is 19.6 Å². The highest BCUT2D eigenvalue weighted by atomic mass is 127. The topological polar surface area (TPSA) is 76.1 Å². The van der Waals surface area contributed by atoms with Gasteiger partial charge >= 0.3 is 0 Å². The lowest BCUT2D eigenvalue weighted by atomic mass is 10.0. The quantitative estimate of drug-likeness (QED) is 0.469. The molecule has 116 valence electrons. The SMILES string of the molecule is Cn1cc(-c2cccc3c2OC(I)C(=O)N3)c2cc[nH]c2c1=O. The van der Waals surface area contributed by atoms with Crippen molar-refractivity contribution in [2.75, 3.05) is 5.32 Å². The Morgan fingerprint density at radius 1 is 1.22 bits per heavy atom. The monoisotopic (exact) mass is 421 g/mol. The highest BCUT2D eigenvalue weighted by Gasteiger charge is 2.27. The van der Waals surface area contributed by atoms with Crippen molar-refractivity contribution in [1.82, 2.24) is 9.55 Å². The summed E-state index contributed by atoms with van der Waals surface area (Å²) in [6.45, 7) is 0. The molecule has 2 aromatic heterocycles. The van der Waals surface area contributed by atoms with E-state index in [9.17, 15) is 9.59 Å². The lowest BCUT2D eigenvalue weighted by Gasteiger charge is -2.24. The molecule has 0 spiro atoms. The van der Waals surface area contributed by atoms with Crippen LogP contribution in [0.25, 0.3) is 22.0 Å². The lowest BCUT2D eigenvalue weighted by Crippen LogP contribution is -2.32. The van der Waals surface area contributed by atoms with Crippen LogP contribution in [0.15, 0.2) is 41.5 Å². The van der Waals surface area contributed by atoms with Gasteiger partial charge in [0.1, 0.15) is 5.52 Å². The maximum atomic E-state index is 12.2. The second-order valence-electron chi connectivity index (χ2n) is 5.33. The van der Waals surface area contributed by atoms with Crippen LogP contribution in [0, 0.1) is 0 Å². The molecule has 0 saturated carbocycles. The fraction of sp³-hybridized carbons (Fsp3) is 0.125. The van der Waals surface area contributed by atoms with E-state index in [1.807, 2.05) is 40.8 Å². The molecule has 1 aromatic carbocycles. The molecule has 2 N–H and O–H groups in total. The number of rotatable bonds is 1. The summed E-state index contributed by atoms with van der Waals surface area (Å²) in [6.07, 6.45) is 3.53. The summed E-state index contributed by atoms with van der Waals surface area (Å²) in [5.41, 5.74) is 2.82. The van der Waals surface area contributed by atoms with Crippen molar-refractivity contribution in [2.45, 2.75) is 4.11 Å². The summed E-state index contributed by atoms with van der Waals surface area (Å²) in [5, 5.41) is 3.67. The number of aromatic nitrogens is 2. The number of nitrogens with one attached hydrogen (secondary N) is 2. The number of aromatic amines is 1. The molecule has 4 rings (SSSR count). The van der Waals surface area contributed by atoms with Crippen LogP contribution < -0.4 is 15.6 Å². The number of ether oxygens (including phenoxy) is 1. The number of para-hydroxylation sites is 1. The number of fused-ring (bicyclic) bond motifs is 2. The van der Waals surface area contributed by atoms with Crippen LogP contribution in [0.4, 0.5) is 5.69 Å². The number of carbonyl (C=O) groups excluding carboxylic acids is 1. The lowest BCUT2D eigenvalue weighted by molar-refractivity contribution is -0.119. The van der Waals surface area contributed by atoms with Crippen molar-refractivity contribution in [3.63, 3.8) is 0 Å². The van der Waals surface area contributed by atoms with E-state index in [0.29, 0.717) is 17.0 Å². The van der Waals surface area contributed by atoms with E-state index < -0.39 is 4.11 Å². The van der Waals surface area contributed by atoms with Gasteiger partial charge < -0.3 is 19.6 Å². The Balaban J connectivity index is 2.02. The molecule has 3 heterocycles. The van der Waals surface area contributed by atoms with Crippen molar-refractivity contribution in [3.05, 3.63) is 47.0 Å². The zero-order chi connectivity index (χ0) is 16.1. The number of hydrogen-bond acceptors (Lipinski definition) is 3. The van der Waals surface area contributed by atoms with Gasteiger partial charge in [-0.25, -0.2) is 0 Å². The summed E-state index contributed by atoms with van der Waals surface area (Å²) in [5.74, 6) is 0.440. The number of pyridine rings is 1. The number of nitrogens with zero attached hydrogens (tertiary/aromatic N) is 1. The van der Waals surface area contributed by atoms with Gasteiger partial charge in [0, 0.05) is 36.0 Å². The normalized spacial score (nSPS) is 16.8. The van der Waals surface area contributed by atoms with E-state index in [2.05, 4.69) is 10.3 Å². The summed E-state index contributed by atoms with van der Waals surface area (Å²) < 4.78 is 6.75. The number of hydrogen-bond donors (Lipinski definition) is 2. The summed E-state index contributed by atoms with van der Waals surface area (Å²) in [6, 6.07) is 7.45. The maximum Gasteiger partial charge on any atom is 0.275 e. The van der Waals surface area contributed by atoms with Gasteiger partial charge in [0.25, 0.3) is 11.5 Å². The van der Waals surface area contributed by atoms with Gasteiger partial charge in [0.15, 0.2) is 5.75 Å². The van der Waals surface area contributed by atoms with E-state index in [0.717, 1.165) is 16.5 Å². The number of H-pyrrole nitrogens is 1. The van der Waals surface area contributed by atoms with Gasteiger partial charge in [-0.3, -0.25) is 9.59 Å². The minimum Gasteiger partial charge on any atom is -0.467 e. The minimum absolute atomic E-state index is 0.0838. The van der Waals surface area contributed by atoms with Crippen molar-refractivity contribution in [2.24, 2.45) is 7.05 Å². The van der Waals surface area contributed by atoms with Crippen LogP contribution in [0.3, 0.4) is 0 Å². The number of anilines is 1. The molecule has 1 amide bonds. The predicted octanol–water partition coefficient (Wildman–Crippen LogP) is 2.63. The van der Waals surface area contributed by atoms with Crippen LogP contribution >= 0.6 is 22.6 Å². The zero-order valence-electron chi connectivity index (χ0n) is 12.1. The third kappa shape index (κ3) is 2.14. The van der Waals surface area contributed by atoms with Crippen LogP contribution in [0.2, 0.25) is 0 Å². The first-order valence-corrected chi connectivity index (χ1v) is 8.22. The molecule has 1 aliphatic heterocycles. The summed E-state index contributed by atoms with van der Waals surface area (Å²) in [7, 11) is 1.71. The van der Waals surface area contributed by atoms with Crippen LogP contribution in [0.5, 0.6) is 5.75 Å². The molecule has 23 heavy (non-hydrogen) atoms. The smallest absolute Gasteiger partial charge is 0.275 e. The van der Waals surface area contributed by atoms with Crippen molar-refractivity contribution in [3.8, 4) is 16.9 Å². The van der Waals surface area contributed by atoms with E-state index in [-0.39, 0.29) is 11.5 Å². The van der Waals surface area contributed by atoms with E-state index in [1.165, 1.54) is 4.57 Å². The van der Waals surface area contributed by atoms with Crippen molar-refractivity contribution in [1.29, 1.82) is 0 Å². The zero-order valence-corrected chi connectivity index (χ0v) is 14.2. The van der Waals surface area contributed by atoms with Crippen LogP contribution in [0.1, 0.15) is 0 Å². The molecule has 1 atom stereocenters. The van der Waals surface area contributed by atoms with Crippen molar-refractivity contribution >= 4 is 45.1 Å². The third-order valence-corrected chi connectivity index (χ3v) is 4.70. The number of amides is 1. The third-order valence-electron chi connectivity index (χ3n) is 3.88. The fourth-order valence-electron chi connectivity index (χ4n) is 2.80. The molecule has 7 heteroatoms. The van der Waals surface area contributed by atoms with Gasteiger partial charge in [-0.05, 0) is 34.7 Å². The van der Waals surface area contributed by atoms with Gasteiger partial charge in [0.2, 0.25) is 4.11 Å². The second kappa shape index (κ2) is 5.12. The summed E-state index contributed by atoms with van der Waals surface area (Å²) in [4.78, 5) is 27.0. The number of alkyl halides is 1. The molecule has 0 saturated heterocycles. The van der Waals surface area contributed by atoms with Gasteiger partial charge in [-0.2, -0.15) is 0 Å².